The van der Waals surface area contributed by atoms with E-state index in [4.69, 9.17) is 11.5 Å². The third-order valence-electron chi connectivity index (χ3n) is 11.7. The molecule has 2 aliphatic heterocycles. The van der Waals surface area contributed by atoms with E-state index in [1.165, 1.54) is 22.6 Å². The molecule has 4 heterocycles. The molecule has 0 unspecified atom stereocenters. The largest absolute Gasteiger partial charge is 0.324 e. The number of fused-ring (bicyclic) bond motifs is 2. The number of nitrogens with one attached hydrogen (secondary N) is 2. The maximum absolute atomic E-state index is 13.4. The van der Waals surface area contributed by atoms with Crippen molar-refractivity contribution in [1.82, 2.24) is 9.97 Å². The fourth-order valence-corrected chi connectivity index (χ4v) is 8.65. The highest BCUT2D eigenvalue weighted by atomic mass is 16.2. The van der Waals surface area contributed by atoms with Gasteiger partial charge in [0, 0.05) is 36.6 Å². The molecule has 2 aromatic carbocycles. The molecule has 0 radical (unpaired) electrons. The fraction of sp³-hybridized carbons (Fsp3) is 0.409. The molecule has 0 saturated heterocycles. The van der Waals surface area contributed by atoms with Crippen molar-refractivity contribution >= 4 is 46.6 Å². The highest BCUT2D eigenvalue weighted by Crippen LogP contribution is 2.35. The van der Waals surface area contributed by atoms with Gasteiger partial charge in [0.25, 0.3) is 0 Å². The lowest BCUT2D eigenvalue weighted by molar-refractivity contribution is -0.125. The number of anilines is 4. The van der Waals surface area contributed by atoms with Crippen LogP contribution in [-0.4, -0.2) is 57.8 Å². The van der Waals surface area contributed by atoms with E-state index in [2.05, 4.69) is 20.6 Å². The normalized spacial score (nSPS) is 20.5. The lowest BCUT2D eigenvalue weighted by atomic mass is 9.83. The highest BCUT2D eigenvalue weighted by molar-refractivity contribution is 6.09. The Morgan fingerprint density at radius 2 is 0.911 bits per heavy atom. The summed E-state index contributed by atoms with van der Waals surface area (Å²) in [5.41, 5.74) is 16.0. The summed E-state index contributed by atoms with van der Waals surface area (Å²) in [4.78, 5) is 64.6. The maximum Gasteiger partial charge on any atom is 0.247 e. The first kappa shape index (κ1) is 38.8. The van der Waals surface area contributed by atoms with Crippen LogP contribution in [0.15, 0.2) is 97.3 Å². The topological polar surface area (TPSA) is 177 Å². The van der Waals surface area contributed by atoms with Crippen LogP contribution in [-0.2, 0) is 32.0 Å². The third-order valence-corrected chi connectivity index (χ3v) is 11.7. The Morgan fingerprint density at radius 1 is 0.536 bits per heavy atom. The second-order valence-corrected chi connectivity index (χ2v) is 15.4. The minimum absolute atomic E-state index is 0.173. The molecule has 2 fully saturated rings. The number of nitrogens with zero attached hydrogens (tertiary/aromatic N) is 4. The first-order chi connectivity index (χ1) is 27.3. The monoisotopic (exact) mass is 756 g/mol. The first-order valence-corrected chi connectivity index (χ1v) is 20.1. The molecular formula is C44H52N8O4. The number of carbonyl (C=O) groups excluding carboxylic acids is 4. The second-order valence-electron chi connectivity index (χ2n) is 15.4. The summed E-state index contributed by atoms with van der Waals surface area (Å²) in [5.74, 6) is 0.648. The smallest absolute Gasteiger partial charge is 0.247 e. The Morgan fingerprint density at radius 3 is 1.29 bits per heavy atom. The zero-order chi connectivity index (χ0) is 39.0. The van der Waals surface area contributed by atoms with E-state index in [9.17, 15) is 19.2 Å². The lowest BCUT2D eigenvalue weighted by Gasteiger charge is -2.32. The molecular weight excluding hydrogens is 705 g/mol. The fourth-order valence-electron chi connectivity index (χ4n) is 8.65. The van der Waals surface area contributed by atoms with Crippen LogP contribution in [0.1, 0.15) is 75.3 Å². The maximum atomic E-state index is 13.4. The Balaban J connectivity index is 0.000000172. The summed E-state index contributed by atoms with van der Waals surface area (Å²) in [6.45, 7) is 0. The number of hydrogen-bond donors (Lipinski definition) is 4. The molecule has 2 saturated carbocycles. The minimum Gasteiger partial charge on any atom is -0.324 e. The predicted molar refractivity (Wildman–Crippen MR) is 218 cm³/mol. The summed E-state index contributed by atoms with van der Waals surface area (Å²) < 4.78 is 0. The van der Waals surface area contributed by atoms with Crippen molar-refractivity contribution in [3.8, 4) is 0 Å². The molecule has 0 bridgehead atoms. The molecule has 56 heavy (non-hydrogen) atoms. The van der Waals surface area contributed by atoms with Crippen molar-refractivity contribution in [3.05, 3.63) is 108 Å². The van der Waals surface area contributed by atoms with Crippen LogP contribution >= 0.6 is 0 Å². The van der Waals surface area contributed by atoms with Crippen molar-refractivity contribution in [3.63, 3.8) is 0 Å². The van der Waals surface area contributed by atoms with Gasteiger partial charge in [-0.15, -0.1) is 0 Å². The molecule has 12 nitrogen and oxygen atoms in total. The summed E-state index contributed by atoms with van der Waals surface area (Å²) in [7, 11) is 0. The number of benzene rings is 2. The Hall–Kier alpha value is -5.46. The molecule has 0 spiro atoms. The van der Waals surface area contributed by atoms with Crippen LogP contribution in [0.5, 0.6) is 0 Å². The zero-order valence-corrected chi connectivity index (χ0v) is 31.8. The average molecular weight is 757 g/mol. The Labute approximate surface area is 328 Å². The number of pyridine rings is 2. The van der Waals surface area contributed by atoms with E-state index in [1.807, 2.05) is 84.9 Å². The standard InChI is InChI=1S/2C22H26N4O2/c2*23-19(15-8-3-1-4-9-15)22(28)26-18(14-16-10-7-13-24-20(16)26)21(27)25-17-11-5-2-6-12-17/h2*2,5-7,10-13,15,18-19H,1,3-4,8-9,14,23H2,(H,25,27)/t18-,19+;18-,19-/m10/s1. The second kappa shape index (κ2) is 18.0. The van der Waals surface area contributed by atoms with Crippen LogP contribution in [0.3, 0.4) is 0 Å². The number of amides is 4. The van der Waals surface area contributed by atoms with Gasteiger partial charge in [-0.05, 0) is 85.0 Å². The molecule has 2 aromatic heterocycles. The molecule has 12 heteroatoms. The van der Waals surface area contributed by atoms with Crippen LogP contribution in [0.2, 0.25) is 0 Å². The number of nitrogens with two attached hydrogens (primary N) is 2. The van der Waals surface area contributed by atoms with Crippen molar-refractivity contribution in [2.45, 2.75) is 101 Å². The number of hydrogen-bond acceptors (Lipinski definition) is 8. The SMILES string of the molecule is N[C@H](C(=O)N1c2ncccc2C[C@@H]1C(=O)Nc1ccccc1)C1CCCCC1.N[C@H](C(=O)N1c2ncccc2C[C@H]1C(=O)Nc1ccccc1)C1CCCCC1. The van der Waals surface area contributed by atoms with Gasteiger partial charge in [0.1, 0.15) is 23.7 Å². The van der Waals surface area contributed by atoms with Gasteiger partial charge in [-0.3, -0.25) is 29.0 Å². The summed E-state index contributed by atoms with van der Waals surface area (Å²) in [6, 6.07) is 23.6. The van der Waals surface area contributed by atoms with Crippen molar-refractivity contribution in [1.29, 1.82) is 0 Å². The van der Waals surface area contributed by atoms with Gasteiger partial charge in [-0.2, -0.15) is 0 Å². The van der Waals surface area contributed by atoms with E-state index in [-0.39, 0.29) is 35.5 Å². The van der Waals surface area contributed by atoms with E-state index in [0.717, 1.165) is 62.5 Å². The van der Waals surface area contributed by atoms with E-state index >= 15 is 0 Å². The molecule has 2 aliphatic carbocycles. The number of rotatable bonds is 8. The van der Waals surface area contributed by atoms with Crippen LogP contribution < -0.4 is 31.9 Å². The van der Waals surface area contributed by atoms with Gasteiger partial charge < -0.3 is 22.1 Å². The van der Waals surface area contributed by atoms with Gasteiger partial charge in [0.2, 0.25) is 23.6 Å². The summed E-state index contributed by atoms with van der Waals surface area (Å²) in [6.07, 6.45) is 14.9. The van der Waals surface area contributed by atoms with Gasteiger partial charge >= 0.3 is 0 Å². The minimum atomic E-state index is -0.632. The highest BCUT2D eigenvalue weighted by Gasteiger charge is 2.44. The summed E-state index contributed by atoms with van der Waals surface area (Å²) in [5, 5.41) is 5.84. The quantitative estimate of drug-likeness (QED) is 0.175. The van der Waals surface area contributed by atoms with Gasteiger partial charge in [0.15, 0.2) is 0 Å². The molecule has 292 valence electrons. The first-order valence-electron chi connectivity index (χ1n) is 20.1. The third kappa shape index (κ3) is 8.66. The van der Waals surface area contributed by atoms with Crippen molar-refractivity contribution in [2.24, 2.45) is 23.3 Å². The van der Waals surface area contributed by atoms with Crippen LogP contribution in [0.25, 0.3) is 0 Å². The molecule has 4 atom stereocenters. The van der Waals surface area contributed by atoms with Gasteiger partial charge in [-0.1, -0.05) is 87.1 Å². The van der Waals surface area contributed by atoms with Gasteiger partial charge in [0.05, 0.1) is 12.1 Å². The number of aromatic nitrogens is 2. The Kier molecular flexibility index (Phi) is 12.5. The molecule has 4 amide bonds. The predicted octanol–water partition coefficient (Wildman–Crippen LogP) is 5.77. The molecule has 4 aliphatic rings. The molecule has 6 N–H and O–H groups in total. The van der Waals surface area contributed by atoms with Crippen molar-refractivity contribution < 1.29 is 19.2 Å². The Bertz CT molecular complexity index is 1840. The van der Waals surface area contributed by atoms with Crippen LogP contribution in [0.4, 0.5) is 23.0 Å². The summed E-state index contributed by atoms with van der Waals surface area (Å²) >= 11 is 0. The van der Waals surface area contributed by atoms with E-state index in [1.54, 1.807) is 12.4 Å². The van der Waals surface area contributed by atoms with Crippen LogP contribution in [0, 0.1) is 11.8 Å². The molecule has 4 aromatic rings. The molecule has 8 rings (SSSR count). The van der Waals surface area contributed by atoms with E-state index in [0.29, 0.717) is 35.9 Å². The van der Waals surface area contributed by atoms with E-state index < -0.39 is 24.2 Å². The van der Waals surface area contributed by atoms with Crippen molar-refractivity contribution in [2.75, 3.05) is 20.4 Å². The zero-order valence-electron chi connectivity index (χ0n) is 31.8. The number of carbonyl (C=O) groups is 4. The average Bonchev–Trinajstić information content (AvgIpc) is 3.84. The van der Waals surface area contributed by atoms with Gasteiger partial charge in [-0.25, -0.2) is 9.97 Å². The number of para-hydroxylation sites is 2. The lowest BCUT2D eigenvalue weighted by Crippen LogP contribution is -2.54.